The van der Waals surface area contributed by atoms with E-state index in [0.29, 0.717) is 11.1 Å². The molecule has 4 heterocycles. The van der Waals surface area contributed by atoms with Gasteiger partial charge >= 0.3 is 0 Å². The van der Waals surface area contributed by atoms with Gasteiger partial charge in [0.2, 0.25) is 5.91 Å². The average Bonchev–Trinajstić information content (AvgIpc) is 3.10. The Labute approximate surface area is 208 Å². The third-order valence-electron chi connectivity index (χ3n) is 5.85. The number of aromatic nitrogens is 3. The zero-order chi connectivity index (χ0) is 25.8. The molecule has 2 aliphatic rings. The van der Waals surface area contributed by atoms with Gasteiger partial charge in [-0.1, -0.05) is 11.6 Å². The number of rotatable bonds is 4. The molecule has 10 nitrogen and oxygen atoms in total. The molecule has 0 saturated carbocycles. The molecule has 0 unspecified atom stereocenters. The van der Waals surface area contributed by atoms with Crippen molar-refractivity contribution >= 4 is 38.9 Å². The molecule has 0 radical (unpaired) electrons. The van der Waals surface area contributed by atoms with E-state index in [2.05, 4.69) is 20.7 Å². The summed E-state index contributed by atoms with van der Waals surface area (Å²) in [6, 6.07) is 4.80. The van der Waals surface area contributed by atoms with E-state index < -0.39 is 44.6 Å². The highest BCUT2D eigenvalue weighted by Gasteiger charge is 2.47. The number of nitrogens with zero attached hydrogens (tertiary/aromatic N) is 3. The summed E-state index contributed by atoms with van der Waals surface area (Å²) in [7, 11) is -3.67. The van der Waals surface area contributed by atoms with Crippen LogP contribution in [0.3, 0.4) is 0 Å². The van der Waals surface area contributed by atoms with Crippen LogP contribution in [0.4, 0.5) is 14.5 Å². The van der Waals surface area contributed by atoms with Gasteiger partial charge in [0.05, 0.1) is 35.0 Å². The van der Waals surface area contributed by atoms with Crippen molar-refractivity contribution in [3.05, 3.63) is 58.4 Å². The maximum Gasteiger partial charge on any atom is 0.272 e. The summed E-state index contributed by atoms with van der Waals surface area (Å²) >= 11 is 5.93. The Hall–Kier alpha value is -3.58. The number of hydrogen-bond donors (Lipinski definition) is 2. The number of halogens is 3. The summed E-state index contributed by atoms with van der Waals surface area (Å²) in [6.45, 7) is 0.00580. The lowest BCUT2D eigenvalue weighted by Gasteiger charge is -2.42. The van der Waals surface area contributed by atoms with Crippen molar-refractivity contribution in [3.63, 3.8) is 0 Å². The molecule has 1 atom stereocenters. The third kappa shape index (κ3) is 4.28. The maximum atomic E-state index is 14.9. The normalized spacial score (nSPS) is 18.7. The number of pyridine rings is 1. The Kier molecular flexibility index (Phi) is 5.71. The lowest BCUT2D eigenvalue weighted by atomic mass is 9.82. The van der Waals surface area contributed by atoms with E-state index in [-0.39, 0.29) is 53.7 Å². The second-order valence-electron chi connectivity index (χ2n) is 8.61. The fourth-order valence-corrected chi connectivity index (χ4v) is 5.14. The predicted molar refractivity (Wildman–Crippen MR) is 124 cm³/mol. The molecule has 5 rings (SSSR count). The van der Waals surface area contributed by atoms with Gasteiger partial charge in [-0.25, -0.2) is 17.2 Å². The van der Waals surface area contributed by atoms with Crippen LogP contribution in [-0.4, -0.2) is 53.6 Å². The highest BCUT2D eigenvalue weighted by atomic mass is 35.5. The van der Waals surface area contributed by atoms with Crippen LogP contribution in [-0.2, 0) is 26.7 Å². The molecule has 2 amide bonds. The van der Waals surface area contributed by atoms with E-state index in [9.17, 15) is 26.8 Å². The molecule has 0 aliphatic carbocycles. The lowest BCUT2D eigenvalue weighted by Crippen LogP contribution is -2.56. The van der Waals surface area contributed by atoms with Crippen molar-refractivity contribution in [2.45, 2.75) is 18.5 Å². The van der Waals surface area contributed by atoms with Gasteiger partial charge in [0.25, 0.3) is 5.91 Å². The number of hydrogen-bond acceptors (Lipinski definition) is 7. The molecule has 188 valence electrons. The van der Waals surface area contributed by atoms with Crippen LogP contribution in [0.5, 0.6) is 5.75 Å². The van der Waals surface area contributed by atoms with E-state index in [1.807, 2.05) is 0 Å². The molecule has 3 aromatic rings. The van der Waals surface area contributed by atoms with Crippen LogP contribution in [0.15, 0.2) is 30.5 Å². The average molecular weight is 538 g/mol. The number of benzene rings is 1. The summed E-state index contributed by atoms with van der Waals surface area (Å²) in [4.78, 5) is 30.1. The van der Waals surface area contributed by atoms with Crippen LogP contribution < -0.4 is 15.4 Å². The molecule has 0 saturated heterocycles. The second kappa shape index (κ2) is 8.52. The van der Waals surface area contributed by atoms with E-state index in [1.54, 1.807) is 0 Å². The number of anilines is 1. The van der Waals surface area contributed by atoms with Gasteiger partial charge < -0.3 is 15.4 Å². The van der Waals surface area contributed by atoms with Crippen LogP contribution in [0.1, 0.15) is 22.5 Å². The lowest BCUT2D eigenvalue weighted by molar-refractivity contribution is -0.113. The van der Waals surface area contributed by atoms with Gasteiger partial charge in [-0.05, 0) is 12.1 Å². The Balaban J connectivity index is 1.64. The van der Waals surface area contributed by atoms with E-state index in [4.69, 9.17) is 16.3 Å². The van der Waals surface area contributed by atoms with E-state index in [1.165, 1.54) is 23.0 Å². The van der Waals surface area contributed by atoms with Crippen molar-refractivity contribution in [1.82, 2.24) is 20.1 Å². The van der Waals surface area contributed by atoms with Gasteiger partial charge in [-0.15, -0.1) is 0 Å². The number of ether oxygens (including phenoxy) is 1. The first-order valence-electron chi connectivity index (χ1n) is 10.6. The SMILES string of the molecule is CS(=O)(=O)CC(=O)Nc1c(-c2ccc(Cl)cn2)nn2c1C(=O)N[C@@]1(CCOc3cc(F)cc(F)c31)C2. The summed E-state index contributed by atoms with van der Waals surface area (Å²) in [5.41, 5.74) is -1.12. The van der Waals surface area contributed by atoms with Gasteiger partial charge in [0.15, 0.2) is 15.5 Å². The van der Waals surface area contributed by atoms with Crippen LogP contribution in [0.2, 0.25) is 5.02 Å². The molecule has 14 heteroatoms. The molecule has 0 fully saturated rings. The molecule has 2 N–H and O–H groups in total. The Morgan fingerprint density at radius 1 is 1.33 bits per heavy atom. The first-order chi connectivity index (χ1) is 17.0. The minimum absolute atomic E-state index is 0.0153. The molecule has 2 aromatic heterocycles. The van der Waals surface area contributed by atoms with Crippen LogP contribution in [0.25, 0.3) is 11.4 Å². The zero-order valence-corrected chi connectivity index (χ0v) is 20.2. The minimum Gasteiger partial charge on any atom is -0.493 e. The molecule has 36 heavy (non-hydrogen) atoms. The Bertz CT molecular complexity index is 1530. The summed E-state index contributed by atoms with van der Waals surface area (Å²) < 4.78 is 58.8. The van der Waals surface area contributed by atoms with Crippen molar-refractivity contribution < 1.29 is 31.5 Å². The summed E-state index contributed by atoms with van der Waals surface area (Å²) in [6.07, 6.45) is 2.41. The monoisotopic (exact) mass is 537 g/mol. The number of nitrogens with one attached hydrogen (secondary N) is 2. The highest BCUT2D eigenvalue weighted by molar-refractivity contribution is 7.91. The van der Waals surface area contributed by atoms with E-state index in [0.717, 1.165) is 12.3 Å². The molecule has 0 bridgehead atoms. The quantitative estimate of drug-likeness (QED) is 0.522. The fourth-order valence-electron chi connectivity index (χ4n) is 4.48. The number of amides is 2. The largest absolute Gasteiger partial charge is 0.493 e. The molecule has 1 aromatic carbocycles. The first-order valence-corrected chi connectivity index (χ1v) is 13.0. The van der Waals surface area contributed by atoms with Gasteiger partial charge in [0.1, 0.15) is 34.5 Å². The zero-order valence-electron chi connectivity index (χ0n) is 18.6. The van der Waals surface area contributed by atoms with Gasteiger partial charge in [-0.2, -0.15) is 5.10 Å². The van der Waals surface area contributed by atoms with Crippen molar-refractivity contribution in [2.75, 3.05) is 23.9 Å². The smallest absolute Gasteiger partial charge is 0.272 e. The first kappa shape index (κ1) is 24.1. The Morgan fingerprint density at radius 2 is 2.11 bits per heavy atom. The van der Waals surface area contributed by atoms with Crippen molar-refractivity contribution in [1.29, 1.82) is 0 Å². The fraction of sp³-hybridized carbons (Fsp3) is 0.273. The van der Waals surface area contributed by atoms with Crippen molar-refractivity contribution in [2.24, 2.45) is 0 Å². The summed E-state index contributed by atoms with van der Waals surface area (Å²) in [5, 5.41) is 10.1. The third-order valence-corrected chi connectivity index (χ3v) is 6.86. The molecular formula is C22H18ClF2N5O5S. The standard InChI is InChI=1S/C22H18ClF2N5O5S/c1-36(33,34)9-16(31)27-19-18(14-3-2-11(23)8-26-14)29-30-10-22(28-21(32)20(19)30)4-5-35-15-7-12(24)6-13(25)17(15)22/h2-3,6-8H,4-5,9-10H2,1H3,(H,27,31)(H,28,32)/t22-/m0/s1. The second-order valence-corrected chi connectivity index (χ2v) is 11.2. The topological polar surface area (TPSA) is 132 Å². The van der Waals surface area contributed by atoms with Crippen LogP contribution >= 0.6 is 11.6 Å². The van der Waals surface area contributed by atoms with E-state index >= 15 is 0 Å². The number of sulfone groups is 1. The van der Waals surface area contributed by atoms with Gasteiger partial charge in [-0.3, -0.25) is 19.3 Å². The number of carbonyl (C=O) groups is 2. The van der Waals surface area contributed by atoms with Gasteiger partial charge in [0, 0.05) is 31.0 Å². The minimum atomic E-state index is -3.67. The molecular weight excluding hydrogens is 520 g/mol. The molecule has 2 aliphatic heterocycles. The Morgan fingerprint density at radius 3 is 2.81 bits per heavy atom. The predicted octanol–water partition coefficient (Wildman–Crippen LogP) is 2.28. The van der Waals surface area contributed by atoms with Crippen LogP contribution in [0, 0.1) is 11.6 Å². The molecule has 1 spiro atoms. The van der Waals surface area contributed by atoms with Crippen molar-refractivity contribution in [3.8, 4) is 17.1 Å². The summed E-state index contributed by atoms with van der Waals surface area (Å²) in [5.74, 6) is -4.15. The highest BCUT2D eigenvalue weighted by Crippen LogP contribution is 2.44. The maximum absolute atomic E-state index is 14.9. The number of carbonyl (C=O) groups excluding carboxylic acids is 2. The number of fused-ring (bicyclic) bond motifs is 3.